The van der Waals surface area contributed by atoms with Crippen LogP contribution in [-0.2, 0) is 4.74 Å². The Kier molecular flexibility index (Phi) is 2.36. The van der Waals surface area contributed by atoms with E-state index in [0.29, 0.717) is 12.8 Å². The zero-order valence-corrected chi connectivity index (χ0v) is 8.09. The molecule has 1 unspecified atom stereocenters. The van der Waals surface area contributed by atoms with Crippen molar-refractivity contribution < 1.29 is 11.2 Å². The standard InChI is InChI=1S/C9H13N3O3/c10-7-3-4-12(9(14)11-7)8-2-1-6(5-13)15-8/h3-4,6,8,13H,1-2,5H2,(H2,10,11,14)/t6-,8?/m0/s1/i8D. The molecule has 6 heteroatoms. The molecule has 0 aliphatic carbocycles. The maximum atomic E-state index is 11.5. The minimum Gasteiger partial charge on any atom is -0.394 e. The summed E-state index contributed by atoms with van der Waals surface area (Å²) in [5, 5.41) is 8.93. The molecule has 0 saturated carbocycles. The third kappa shape index (κ3) is 2.00. The van der Waals surface area contributed by atoms with Crippen molar-refractivity contribution in [1.29, 1.82) is 0 Å². The van der Waals surface area contributed by atoms with Crippen molar-refractivity contribution in [3.63, 3.8) is 0 Å². The largest absolute Gasteiger partial charge is 0.394 e. The van der Waals surface area contributed by atoms with Gasteiger partial charge in [-0.3, -0.25) is 4.57 Å². The molecule has 1 fully saturated rings. The van der Waals surface area contributed by atoms with Gasteiger partial charge >= 0.3 is 5.69 Å². The van der Waals surface area contributed by atoms with Crippen molar-refractivity contribution in [2.75, 3.05) is 12.3 Å². The number of aliphatic hydroxyl groups is 1. The van der Waals surface area contributed by atoms with E-state index in [1.165, 1.54) is 12.3 Å². The smallest absolute Gasteiger partial charge is 0.351 e. The first-order chi connectivity index (χ1) is 7.55. The SMILES string of the molecule is [2H]C1(n2ccc(N)nc2=O)CC[C@@H](CO)O1. The second kappa shape index (κ2) is 4.00. The van der Waals surface area contributed by atoms with Crippen LogP contribution >= 0.6 is 0 Å². The van der Waals surface area contributed by atoms with E-state index in [-0.39, 0.29) is 12.4 Å². The van der Waals surface area contributed by atoms with E-state index in [1.54, 1.807) is 0 Å². The van der Waals surface area contributed by atoms with Gasteiger partial charge in [0, 0.05) is 6.20 Å². The maximum absolute atomic E-state index is 11.5. The van der Waals surface area contributed by atoms with Gasteiger partial charge in [0.25, 0.3) is 0 Å². The molecule has 1 aliphatic rings. The maximum Gasteiger partial charge on any atom is 0.351 e. The van der Waals surface area contributed by atoms with Crippen LogP contribution < -0.4 is 11.4 Å². The van der Waals surface area contributed by atoms with Gasteiger partial charge in [0.1, 0.15) is 12.0 Å². The fourth-order valence-corrected chi connectivity index (χ4v) is 1.51. The van der Waals surface area contributed by atoms with Crippen LogP contribution in [-0.4, -0.2) is 27.4 Å². The summed E-state index contributed by atoms with van der Waals surface area (Å²) in [7, 11) is 0. The molecule has 0 radical (unpaired) electrons. The normalized spacial score (nSPS) is 31.5. The summed E-state index contributed by atoms with van der Waals surface area (Å²) in [5.41, 5.74) is 4.74. The predicted molar refractivity (Wildman–Crippen MR) is 53.1 cm³/mol. The molecular formula is C9H13N3O3. The van der Waals surface area contributed by atoms with Crippen molar-refractivity contribution in [3.05, 3.63) is 22.7 Å². The minimum absolute atomic E-state index is 0.113. The summed E-state index contributed by atoms with van der Waals surface area (Å²) in [6.45, 7) is -0.155. The summed E-state index contributed by atoms with van der Waals surface area (Å²) >= 11 is 0. The predicted octanol–water partition coefficient (Wildman–Crippen LogP) is -0.505. The fraction of sp³-hybridized carbons (Fsp3) is 0.556. The van der Waals surface area contributed by atoms with Crippen molar-refractivity contribution in [2.24, 2.45) is 0 Å². The Hall–Kier alpha value is -1.40. The highest BCUT2D eigenvalue weighted by molar-refractivity contribution is 5.23. The molecule has 1 aromatic rings. The van der Waals surface area contributed by atoms with E-state index in [9.17, 15) is 4.79 Å². The summed E-state index contributed by atoms with van der Waals surface area (Å²) in [5.74, 6) is 0.113. The highest BCUT2D eigenvalue weighted by Crippen LogP contribution is 2.26. The molecule has 1 aromatic heterocycles. The first kappa shape index (κ1) is 8.87. The van der Waals surface area contributed by atoms with E-state index in [4.69, 9.17) is 16.9 Å². The lowest BCUT2D eigenvalue weighted by Gasteiger charge is -2.14. The number of anilines is 1. The molecule has 0 aromatic carbocycles. The molecule has 0 bridgehead atoms. The summed E-state index contributed by atoms with van der Waals surface area (Å²) in [6, 6.07) is 1.44. The topological polar surface area (TPSA) is 90.4 Å². The van der Waals surface area contributed by atoms with Crippen LogP contribution in [0.1, 0.15) is 20.4 Å². The van der Waals surface area contributed by atoms with Gasteiger partial charge in [0.2, 0.25) is 0 Å². The van der Waals surface area contributed by atoms with E-state index in [0.717, 1.165) is 4.57 Å². The molecule has 1 aliphatic heterocycles. The second-order valence-corrected chi connectivity index (χ2v) is 3.36. The number of aliphatic hydroxyl groups excluding tert-OH is 1. The fourth-order valence-electron chi connectivity index (χ4n) is 1.51. The Morgan fingerprint density at radius 2 is 2.60 bits per heavy atom. The molecule has 2 rings (SSSR count). The number of nitrogens with zero attached hydrogens (tertiary/aromatic N) is 2. The van der Waals surface area contributed by atoms with Crippen LogP contribution in [0.4, 0.5) is 5.82 Å². The molecular weight excluding hydrogens is 198 g/mol. The van der Waals surface area contributed by atoms with Gasteiger partial charge in [-0.05, 0) is 18.9 Å². The number of hydrogen-bond acceptors (Lipinski definition) is 5. The molecule has 3 N–H and O–H groups in total. The molecule has 0 amide bonds. The number of rotatable bonds is 2. The van der Waals surface area contributed by atoms with Crippen LogP contribution in [0.15, 0.2) is 17.1 Å². The average Bonchev–Trinajstić information content (AvgIpc) is 2.61. The van der Waals surface area contributed by atoms with Crippen LogP contribution in [0.2, 0.25) is 0 Å². The molecule has 15 heavy (non-hydrogen) atoms. The Morgan fingerprint density at radius 1 is 1.80 bits per heavy atom. The summed E-state index contributed by atoms with van der Waals surface area (Å²) in [4.78, 5) is 15.1. The lowest BCUT2D eigenvalue weighted by Crippen LogP contribution is -2.27. The second-order valence-electron chi connectivity index (χ2n) is 3.36. The van der Waals surface area contributed by atoms with E-state index < -0.39 is 18.0 Å². The lowest BCUT2D eigenvalue weighted by molar-refractivity contribution is -0.0245. The van der Waals surface area contributed by atoms with Crippen molar-refractivity contribution >= 4 is 5.82 Å². The molecule has 6 nitrogen and oxygen atoms in total. The molecule has 1 saturated heterocycles. The Labute approximate surface area is 87.7 Å². The lowest BCUT2D eigenvalue weighted by atomic mass is 10.2. The average molecular weight is 212 g/mol. The van der Waals surface area contributed by atoms with Gasteiger partial charge in [-0.25, -0.2) is 4.79 Å². The van der Waals surface area contributed by atoms with Crippen LogP contribution in [0.25, 0.3) is 0 Å². The third-order valence-electron chi connectivity index (χ3n) is 2.28. The van der Waals surface area contributed by atoms with E-state index >= 15 is 0 Å². The monoisotopic (exact) mass is 212 g/mol. The quantitative estimate of drug-likeness (QED) is 0.689. The first-order valence-electron chi connectivity index (χ1n) is 5.19. The molecule has 2 atom stereocenters. The zero-order valence-electron chi connectivity index (χ0n) is 9.09. The molecule has 0 spiro atoms. The number of ether oxygens (including phenoxy) is 1. The van der Waals surface area contributed by atoms with Crippen molar-refractivity contribution in [2.45, 2.75) is 25.1 Å². The molecule has 82 valence electrons. The minimum atomic E-state index is -1.48. The zero-order chi connectivity index (χ0) is 11.8. The highest BCUT2D eigenvalue weighted by atomic mass is 16.5. The summed E-state index contributed by atoms with van der Waals surface area (Å²) < 4.78 is 14.4. The van der Waals surface area contributed by atoms with Gasteiger partial charge in [-0.2, -0.15) is 4.98 Å². The van der Waals surface area contributed by atoms with Gasteiger partial charge in [-0.15, -0.1) is 0 Å². The van der Waals surface area contributed by atoms with Gasteiger partial charge in [-0.1, -0.05) is 0 Å². The van der Waals surface area contributed by atoms with Crippen molar-refractivity contribution in [1.82, 2.24) is 9.55 Å². The number of nitrogen functional groups attached to an aromatic ring is 1. The van der Waals surface area contributed by atoms with E-state index in [1.807, 2.05) is 0 Å². The van der Waals surface area contributed by atoms with Gasteiger partial charge in [0.05, 0.1) is 14.1 Å². The Balaban J connectivity index is 2.34. The Morgan fingerprint density at radius 3 is 3.20 bits per heavy atom. The van der Waals surface area contributed by atoms with Gasteiger partial charge in [0.15, 0.2) is 0 Å². The van der Waals surface area contributed by atoms with Crippen LogP contribution in [0.3, 0.4) is 0 Å². The first-order valence-corrected chi connectivity index (χ1v) is 4.69. The number of aromatic nitrogens is 2. The van der Waals surface area contributed by atoms with Gasteiger partial charge < -0.3 is 15.6 Å². The number of nitrogens with two attached hydrogens (primary N) is 1. The highest BCUT2D eigenvalue weighted by Gasteiger charge is 2.26. The van der Waals surface area contributed by atoms with E-state index in [2.05, 4.69) is 4.98 Å². The van der Waals surface area contributed by atoms with Crippen LogP contribution in [0, 0.1) is 0 Å². The van der Waals surface area contributed by atoms with Crippen LogP contribution in [0.5, 0.6) is 0 Å². The van der Waals surface area contributed by atoms with Crippen molar-refractivity contribution in [3.8, 4) is 0 Å². The third-order valence-corrected chi connectivity index (χ3v) is 2.28. The summed E-state index contributed by atoms with van der Waals surface area (Å²) in [6.07, 6.45) is 0.380. The molecule has 2 heterocycles. The Bertz CT molecular complexity index is 450. The number of hydrogen-bond donors (Lipinski definition) is 2.